The number of ketones is 1. The Morgan fingerprint density at radius 2 is 1.55 bits per heavy atom. The summed E-state index contributed by atoms with van der Waals surface area (Å²) in [4.78, 5) is 25.2. The molecule has 1 heterocycles. The van der Waals surface area contributed by atoms with Gasteiger partial charge in [-0.05, 0) is 48.5 Å². The van der Waals surface area contributed by atoms with Crippen molar-refractivity contribution < 1.29 is 33.3 Å². The van der Waals surface area contributed by atoms with Crippen molar-refractivity contribution in [2.45, 2.75) is 0 Å². The van der Waals surface area contributed by atoms with E-state index in [1.54, 1.807) is 48.5 Å². The Morgan fingerprint density at radius 1 is 0.879 bits per heavy atom. The molecule has 8 heteroatoms. The summed E-state index contributed by atoms with van der Waals surface area (Å²) in [6, 6.07) is 14.3. The highest BCUT2D eigenvalue weighted by atomic mass is 35.5. The Kier molecular flexibility index (Phi) is 6.24. The largest absolute Gasteiger partial charge is 0.496 e. The summed E-state index contributed by atoms with van der Waals surface area (Å²) in [5, 5.41) is 0.515. The first-order chi connectivity index (χ1) is 15.9. The number of allylic oxidation sites excluding steroid dienone is 1. The molecule has 3 aromatic rings. The van der Waals surface area contributed by atoms with Gasteiger partial charge in [0.05, 0.1) is 32.5 Å². The van der Waals surface area contributed by atoms with Crippen LogP contribution in [0.1, 0.15) is 26.3 Å². The molecule has 0 unspecified atom stereocenters. The molecule has 4 rings (SSSR count). The number of hydrogen-bond donors (Lipinski definition) is 0. The van der Waals surface area contributed by atoms with Crippen LogP contribution in [0.15, 0.2) is 60.4 Å². The third-order valence-corrected chi connectivity index (χ3v) is 5.21. The normalized spacial score (nSPS) is 13.3. The maximum absolute atomic E-state index is 12.9. The van der Waals surface area contributed by atoms with E-state index in [2.05, 4.69) is 0 Å². The molecule has 0 N–H and O–H groups in total. The number of ether oxygens (including phenoxy) is 5. The summed E-state index contributed by atoms with van der Waals surface area (Å²) < 4.78 is 27.2. The number of halogens is 1. The molecule has 0 aliphatic carbocycles. The summed E-state index contributed by atoms with van der Waals surface area (Å²) in [5.41, 5.74) is 1.27. The second-order valence-electron chi connectivity index (χ2n) is 6.94. The van der Waals surface area contributed by atoms with E-state index in [0.717, 1.165) is 0 Å². The van der Waals surface area contributed by atoms with E-state index in [9.17, 15) is 9.59 Å². The second kappa shape index (κ2) is 9.26. The number of hydrogen-bond acceptors (Lipinski definition) is 7. The van der Waals surface area contributed by atoms with Gasteiger partial charge in [0.2, 0.25) is 5.78 Å². The van der Waals surface area contributed by atoms with Crippen LogP contribution in [-0.2, 0) is 0 Å². The highest BCUT2D eigenvalue weighted by Gasteiger charge is 2.29. The fourth-order valence-electron chi connectivity index (χ4n) is 3.29. The molecule has 0 saturated carbocycles. The fraction of sp³-hybridized carbons (Fsp3) is 0.120. The average molecular weight is 467 g/mol. The molecule has 33 heavy (non-hydrogen) atoms. The van der Waals surface area contributed by atoms with E-state index in [4.69, 9.17) is 35.3 Å². The van der Waals surface area contributed by atoms with E-state index in [0.29, 0.717) is 39.0 Å². The van der Waals surface area contributed by atoms with Crippen molar-refractivity contribution in [3.8, 4) is 28.7 Å². The number of benzene rings is 3. The van der Waals surface area contributed by atoms with Crippen molar-refractivity contribution in [3.05, 3.63) is 82.1 Å². The molecule has 7 nitrogen and oxygen atoms in total. The van der Waals surface area contributed by atoms with Crippen molar-refractivity contribution in [2.24, 2.45) is 0 Å². The molecule has 0 fully saturated rings. The third-order valence-electron chi connectivity index (χ3n) is 4.95. The summed E-state index contributed by atoms with van der Waals surface area (Å²) in [6.07, 6.45) is 1.56. The molecule has 0 spiro atoms. The third kappa shape index (κ3) is 4.49. The van der Waals surface area contributed by atoms with E-state index in [1.807, 2.05) is 0 Å². The van der Waals surface area contributed by atoms with Crippen molar-refractivity contribution in [1.82, 2.24) is 0 Å². The number of rotatable bonds is 6. The first-order valence-electron chi connectivity index (χ1n) is 9.79. The van der Waals surface area contributed by atoms with Gasteiger partial charge in [-0.2, -0.15) is 0 Å². The summed E-state index contributed by atoms with van der Waals surface area (Å²) in [6.45, 7) is 0. The first-order valence-corrected chi connectivity index (χ1v) is 10.2. The van der Waals surface area contributed by atoms with Crippen LogP contribution < -0.4 is 23.7 Å². The minimum atomic E-state index is -0.554. The number of carbonyl (C=O) groups excluding carboxylic acids is 2. The molecule has 168 valence electrons. The van der Waals surface area contributed by atoms with Crippen molar-refractivity contribution in [1.29, 1.82) is 0 Å². The lowest BCUT2D eigenvalue weighted by molar-refractivity contribution is 0.0734. The van der Waals surface area contributed by atoms with Crippen LogP contribution in [0.5, 0.6) is 28.7 Å². The van der Waals surface area contributed by atoms with E-state index < -0.39 is 5.97 Å². The smallest absolute Gasteiger partial charge is 0.343 e. The minimum absolute atomic E-state index is 0.0942. The summed E-state index contributed by atoms with van der Waals surface area (Å²) in [5.74, 6) is 1.20. The standard InChI is InChI=1S/C25H19ClO7/c1-29-19-13-22(31-3)21(30-2)10-15(19)11-23-24(27)18-9-8-17(12-20(18)33-23)32-25(28)14-4-6-16(26)7-5-14/h4-13H,1-3H3. The van der Waals surface area contributed by atoms with Gasteiger partial charge < -0.3 is 23.7 Å². The molecule has 0 saturated heterocycles. The minimum Gasteiger partial charge on any atom is -0.496 e. The summed E-state index contributed by atoms with van der Waals surface area (Å²) in [7, 11) is 4.55. The number of carbonyl (C=O) groups is 2. The molecular weight excluding hydrogens is 448 g/mol. The number of esters is 1. The maximum atomic E-state index is 12.9. The van der Waals surface area contributed by atoms with Crippen LogP contribution in [0, 0.1) is 0 Å². The average Bonchev–Trinajstić information content (AvgIpc) is 3.13. The molecule has 0 amide bonds. The molecule has 3 aromatic carbocycles. The zero-order chi connectivity index (χ0) is 23.5. The van der Waals surface area contributed by atoms with Gasteiger partial charge in [-0.3, -0.25) is 4.79 Å². The molecule has 0 atom stereocenters. The van der Waals surface area contributed by atoms with Crippen molar-refractivity contribution in [2.75, 3.05) is 21.3 Å². The Labute approximate surface area is 195 Å². The van der Waals surface area contributed by atoms with Crippen LogP contribution in [0.3, 0.4) is 0 Å². The van der Waals surface area contributed by atoms with Gasteiger partial charge in [0.1, 0.15) is 17.2 Å². The van der Waals surface area contributed by atoms with Crippen molar-refractivity contribution >= 4 is 29.4 Å². The van der Waals surface area contributed by atoms with Gasteiger partial charge in [0.15, 0.2) is 17.3 Å². The predicted octanol–water partition coefficient (Wildman–Crippen LogP) is 5.20. The monoisotopic (exact) mass is 466 g/mol. The lowest BCUT2D eigenvalue weighted by atomic mass is 10.1. The van der Waals surface area contributed by atoms with Gasteiger partial charge in [0, 0.05) is 22.7 Å². The Morgan fingerprint density at radius 3 is 2.21 bits per heavy atom. The molecular formula is C25H19ClO7. The van der Waals surface area contributed by atoms with Gasteiger partial charge >= 0.3 is 5.97 Å². The topological polar surface area (TPSA) is 80.3 Å². The molecule has 1 aliphatic heterocycles. The van der Waals surface area contributed by atoms with E-state index in [1.165, 1.54) is 33.5 Å². The van der Waals surface area contributed by atoms with Gasteiger partial charge in [0.25, 0.3) is 0 Å². The van der Waals surface area contributed by atoms with E-state index in [-0.39, 0.29) is 23.0 Å². The summed E-state index contributed by atoms with van der Waals surface area (Å²) >= 11 is 5.85. The highest BCUT2D eigenvalue weighted by Crippen LogP contribution is 2.39. The zero-order valence-corrected chi connectivity index (χ0v) is 18.8. The van der Waals surface area contributed by atoms with Gasteiger partial charge in [-0.15, -0.1) is 0 Å². The van der Waals surface area contributed by atoms with Crippen LogP contribution in [0.4, 0.5) is 0 Å². The van der Waals surface area contributed by atoms with Gasteiger partial charge in [-0.25, -0.2) is 4.79 Å². The lowest BCUT2D eigenvalue weighted by Crippen LogP contribution is -2.08. The van der Waals surface area contributed by atoms with Crippen LogP contribution >= 0.6 is 11.6 Å². The quantitative estimate of drug-likeness (QED) is 0.280. The molecule has 0 aromatic heterocycles. The Bertz CT molecular complexity index is 1260. The Hall–Kier alpha value is -3.97. The molecule has 1 aliphatic rings. The number of methoxy groups -OCH3 is 3. The van der Waals surface area contributed by atoms with Crippen LogP contribution in [-0.4, -0.2) is 33.1 Å². The number of fused-ring (bicyclic) bond motifs is 1. The van der Waals surface area contributed by atoms with Crippen LogP contribution in [0.25, 0.3) is 6.08 Å². The second-order valence-corrected chi connectivity index (χ2v) is 7.38. The molecule has 0 radical (unpaired) electrons. The van der Waals surface area contributed by atoms with Gasteiger partial charge in [-0.1, -0.05) is 11.6 Å². The highest BCUT2D eigenvalue weighted by molar-refractivity contribution is 6.30. The predicted molar refractivity (Wildman–Crippen MR) is 122 cm³/mol. The van der Waals surface area contributed by atoms with Crippen LogP contribution in [0.2, 0.25) is 5.02 Å². The van der Waals surface area contributed by atoms with E-state index >= 15 is 0 Å². The molecule has 0 bridgehead atoms. The van der Waals surface area contributed by atoms with Crippen molar-refractivity contribution in [3.63, 3.8) is 0 Å². The first kappa shape index (κ1) is 22.2. The Balaban J connectivity index is 1.59. The lowest BCUT2D eigenvalue weighted by Gasteiger charge is -2.12. The maximum Gasteiger partial charge on any atom is 0.343 e. The fourth-order valence-corrected chi connectivity index (χ4v) is 3.42. The zero-order valence-electron chi connectivity index (χ0n) is 18.0. The number of Topliss-reactive ketones (excluding diaryl/α,β-unsaturated/α-hetero) is 1. The SMILES string of the molecule is COc1cc(OC)c(OC)cc1C=C1Oc2cc(OC(=O)c3ccc(Cl)cc3)ccc2C1=O.